The first-order valence-electron chi connectivity index (χ1n) is 8.67. The fourth-order valence-electron chi connectivity index (χ4n) is 2.79. The quantitative estimate of drug-likeness (QED) is 0.614. The number of hydrogen-bond acceptors (Lipinski definition) is 3. The number of carbonyl (C=O) groups excluding carboxylic acids is 2. The van der Waals surface area contributed by atoms with Crippen molar-refractivity contribution >= 4 is 29.2 Å². The Morgan fingerprint density at radius 2 is 1.79 bits per heavy atom. The zero-order chi connectivity index (χ0) is 20.1. The summed E-state index contributed by atoms with van der Waals surface area (Å²) < 4.78 is 19.8. The molecular formula is C21H18ClFN2O3. The number of benzene rings is 2. The zero-order valence-corrected chi connectivity index (χ0v) is 15.9. The lowest BCUT2D eigenvalue weighted by atomic mass is 10.1. The number of amides is 1. The van der Waals surface area contributed by atoms with Crippen molar-refractivity contribution in [2.45, 2.75) is 13.3 Å². The zero-order valence-electron chi connectivity index (χ0n) is 15.1. The molecule has 0 fully saturated rings. The SMILES string of the molecule is CCOC(=O)c1c(NC(=O)Cc2ccccc2)cc(Cl)n1-c1ccc(F)cc1. The van der Waals surface area contributed by atoms with Crippen LogP contribution in [-0.2, 0) is 16.0 Å². The molecule has 0 bridgehead atoms. The molecule has 0 saturated carbocycles. The van der Waals surface area contributed by atoms with E-state index in [2.05, 4.69) is 5.32 Å². The number of ether oxygens (including phenoxy) is 1. The van der Waals surface area contributed by atoms with Crippen molar-refractivity contribution < 1.29 is 18.7 Å². The van der Waals surface area contributed by atoms with Crippen LogP contribution in [0.2, 0.25) is 5.15 Å². The van der Waals surface area contributed by atoms with Gasteiger partial charge in [-0.15, -0.1) is 0 Å². The smallest absolute Gasteiger partial charge is 0.357 e. The van der Waals surface area contributed by atoms with Crippen molar-refractivity contribution in [1.82, 2.24) is 4.57 Å². The van der Waals surface area contributed by atoms with Crippen LogP contribution in [0.15, 0.2) is 60.7 Å². The summed E-state index contributed by atoms with van der Waals surface area (Å²) in [6, 6.07) is 16.2. The molecule has 144 valence electrons. The molecule has 0 spiro atoms. The van der Waals surface area contributed by atoms with E-state index in [4.69, 9.17) is 16.3 Å². The van der Waals surface area contributed by atoms with Gasteiger partial charge in [-0.2, -0.15) is 0 Å². The summed E-state index contributed by atoms with van der Waals surface area (Å²) in [6.07, 6.45) is 0.141. The van der Waals surface area contributed by atoms with E-state index in [0.717, 1.165) is 5.56 Å². The van der Waals surface area contributed by atoms with E-state index in [1.165, 1.54) is 34.9 Å². The molecule has 1 heterocycles. The molecule has 28 heavy (non-hydrogen) atoms. The molecule has 3 rings (SSSR count). The van der Waals surface area contributed by atoms with E-state index in [0.29, 0.717) is 5.69 Å². The first-order chi connectivity index (χ1) is 13.5. The van der Waals surface area contributed by atoms with Crippen LogP contribution in [0, 0.1) is 5.82 Å². The summed E-state index contributed by atoms with van der Waals surface area (Å²) in [6.45, 7) is 1.83. The highest BCUT2D eigenvalue weighted by molar-refractivity contribution is 6.31. The summed E-state index contributed by atoms with van der Waals surface area (Å²) in [7, 11) is 0. The number of carbonyl (C=O) groups is 2. The van der Waals surface area contributed by atoms with E-state index in [-0.39, 0.29) is 35.5 Å². The fourth-order valence-corrected chi connectivity index (χ4v) is 3.08. The van der Waals surface area contributed by atoms with Gasteiger partial charge in [0.05, 0.1) is 18.7 Å². The number of esters is 1. The van der Waals surface area contributed by atoms with E-state index < -0.39 is 11.8 Å². The maximum atomic E-state index is 13.3. The third-order valence-electron chi connectivity index (χ3n) is 3.99. The molecule has 0 saturated heterocycles. The van der Waals surface area contributed by atoms with Crippen molar-refractivity contribution in [3.63, 3.8) is 0 Å². The van der Waals surface area contributed by atoms with Crippen LogP contribution >= 0.6 is 11.6 Å². The minimum Gasteiger partial charge on any atom is -0.461 e. The summed E-state index contributed by atoms with van der Waals surface area (Å²) in [4.78, 5) is 25.0. The van der Waals surface area contributed by atoms with E-state index in [1.807, 2.05) is 30.3 Å². The van der Waals surface area contributed by atoms with Crippen LogP contribution in [0.5, 0.6) is 0 Å². The van der Waals surface area contributed by atoms with Crippen LogP contribution < -0.4 is 5.32 Å². The van der Waals surface area contributed by atoms with Gasteiger partial charge in [-0.1, -0.05) is 41.9 Å². The van der Waals surface area contributed by atoms with Crippen LogP contribution in [0.3, 0.4) is 0 Å². The predicted octanol–water partition coefficient (Wildman–Crippen LogP) is 4.63. The Bertz CT molecular complexity index is 985. The fraction of sp³-hybridized carbons (Fsp3) is 0.143. The first-order valence-corrected chi connectivity index (χ1v) is 9.05. The van der Waals surface area contributed by atoms with Gasteiger partial charge in [0.2, 0.25) is 5.91 Å². The van der Waals surface area contributed by atoms with Gasteiger partial charge in [0.15, 0.2) is 5.69 Å². The van der Waals surface area contributed by atoms with Crippen LogP contribution in [-0.4, -0.2) is 23.1 Å². The van der Waals surface area contributed by atoms with Gasteiger partial charge < -0.3 is 10.1 Å². The summed E-state index contributed by atoms with van der Waals surface area (Å²) >= 11 is 6.32. The Balaban J connectivity index is 1.96. The average Bonchev–Trinajstić information content (AvgIpc) is 2.99. The lowest BCUT2D eigenvalue weighted by Crippen LogP contribution is -2.18. The van der Waals surface area contributed by atoms with Crippen molar-refractivity contribution in [2.75, 3.05) is 11.9 Å². The molecule has 1 amide bonds. The van der Waals surface area contributed by atoms with E-state index in [9.17, 15) is 14.0 Å². The Kier molecular flexibility index (Phi) is 6.11. The average molecular weight is 401 g/mol. The minimum absolute atomic E-state index is 0.0693. The third kappa shape index (κ3) is 4.40. The Morgan fingerprint density at radius 3 is 2.43 bits per heavy atom. The molecule has 0 aliphatic heterocycles. The number of halogens is 2. The second kappa shape index (κ2) is 8.71. The van der Waals surface area contributed by atoms with Gasteiger partial charge in [-0.05, 0) is 42.8 Å². The number of nitrogens with one attached hydrogen (secondary N) is 1. The molecule has 1 aromatic heterocycles. The van der Waals surface area contributed by atoms with Crippen LogP contribution in [0.25, 0.3) is 5.69 Å². The predicted molar refractivity (Wildman–Crippen MR) is 105 cm³/mol. The largest absolute Gasteiger partial charge is 0.461 e. The Hall–Kier alpha value is -3.12. The lowest BCUT2D eigenvalue weighted by Gasteiger charge is -2.12. The molecule has 0 unspecified atom stereocenters. The first kappa shape index (κ1) is 19.6. The van der Waals surface area contributed by atoms with E-state index in [1.54, 1.807) is 6.92 Å². The van der Waals surface area contributed by atoms with Gasteiger partial charge in [0, 0.05) is 5.69 Å². The van der Waals surface area contributed by atoms with Crippen molar-refractivity contribution in [3.8, 4) is 5.69 Å². The number of nitrogens with zero attached hydrogens (tertiary/aromatic N) is 1. The third-order valence-corrected chi connectivity index (χ3v) is 4.27. The second-order valence-electron chi connectivity index (χ2n) is 5.97. The molecule has 1 N–H and O–H groups in total. The van der Waals surface area contributed by atoms with Gasteiger partial charge >= 0.3 is 5.97 Å². The molecule has 0 radical (unpaired) electrons. The Labute approximate surface area is 166 Å². The van der Waals surface area contributed by atoms with Gasteiger partial charge in [-0.25, -0.2) is 9.18 Å². The highest BCUT2D eigenvalue weighted by atomic mass is 35.5. The van der Waals surface area contributed by atoms with Crippen LogP contribution in [0.1, 0.15) is 23.0 Å². The van der Waals surface area contributed by atoms with Crippen LogP contribution in [0.4, 0.5) is 10.1 Å². The van der Waals surface area contributed by atoms with E-state index >= 15 is 0 Å². The molecule has 0 atom stereocenters. The summed E-state index contributed by atoms with van der Waals surface area (Å²) in [5.41, 5.74) is 1.60. The normalized spacial score (nSPS) is 10.5. The molecule has 3 aromatic rings. The summed E-state index contributed by atoms with van der Waals surface area (Å²) in [5, 5.41) is 2.91. The standard InChI is InChI=1S/C21H18ClFN2O3/c1-2-28-21(27)20-17(24-19(26)12-14-6-4-3-5-7-14)13-18(22)25(20)16-10-8-15(23)9-11-16/h3-11,13H,2,12H2,1H3,(H,24,26). The van der Waals surface area contributed by atoms with Gasteiger partial charge in [-0.3, -0.25) is 9.36 Å². The molecule has 2 aromatic carbocycles. The highest BCUT2D eigenvalue weighted by Crippen LogP contribution is 2.30. The monoisotopic (exact) mass is 400 g/mol. The Morgan fingerprint density at radius 1 is 1.11 bits per heavy atom. The molecule has 0 aliphatic rings. The maximum absolute atomic E-state index is 13.3. The van der Waals surface area contributed by atoms with Crippen molar-refractivity contribution in [3.05, 3.63) is 82.9 Å². The lowest BCUT2D eigenvalue weighted by molar-refractivity contribution is -0.115. The summed E-state index contributed by atoms with van der Waals surface area (Å²) in [5.74, 6) is -1.36. The number of rotatable bonds is 6. The van der Waals surface area contributed by atoms with Gasteiger partial charge in [0.25, 0.3) is 0 Å². The number of aromatic nitrogens is 1. The van der Waals surface area contributed by atoms with Crippen molar-refractivity contribution in [2.24, 2.45) is 0 Å². The van der Waals surface area contributed by atoms with Crippen molar-refractivity contribution in [1.29, 1.82) is 0 Å². The van der Waals surface area contributed by atoms with Gasteiger partial charge in [0.1, 0.15) is 11.0 Å². The molecule has 5 nitrogen and oxygen atoms in total. The second-order valence-corrected chi connectivity index (χ2v) is 6.36. The number of anilines is 1. The highest BCUT2D eigenvalue weighted by Gasteiger charge is 2.24. The molecule has 7 heteroatoms. The number of hydrogen-bond donors (Lipinski definition) is 1. The maximum Gasteiger partial charge on any atom is 0.357 e. The molecular weight excluding hydrogens is 383 g/mol. The minimum atomic E-state index is -0.645. The molecule has 0 aliphatic carbocycles. The topological polar surface area (TPSA) is 60.3 Å².